The van der Waals surface area contributed by atoms with Gasteiger partial charge in [-0.25, -0.2) is 4.79 Å². The molecule has 0 spiro atoms. The Hall–Kier alpha value is -1.48. The standard InChI is InChI=1S/C11H18N2O6/c1-11(6-15)8(17)7(16)9(19-11)13(4-3-5-14)10(18)12-2/h3-5,7-9,15-17H,6H2,1-2H3,(H,12,18)/b4-3+. The Bertz CT molecular complexity index is 374. The monoisotopic (exact) mass is 274 g/mol. The minimum Gasteiger partial charge on any atom is -0.393 e. The van der Waals surface area contributed by atoms with E-state index in [4.69, 9.17) is 4.74 Å². The van der Waals surface area contributed by atoms with E-state index in [1.54, 1.807) is 0 Å². The van der Waals surface area contributed by atoms with Gasteiger partial charge in [0.05, 0.1) is 6.61 Å². The molecule has 0 aromatic heterocycles. The maximum Gasteiger partial charge on any atom is 0.323 e. The number of carbonyl (C=O) groups is 2. The van der Waals surface area contributed by atoms with Crippen LogP contribution in [0.15, 0.2) is 12.3 Å². The third-order valence-corrected chi connectivity index (χ3v) is 2.99. The summed E-state index contributed by atoms with van der Waals surface area (Å²) in [6, 6.07) is -0.628. The van der Waals surface area contributed by atoms with Crippen LogP contribution in [-0.4, -0.2) is 70.2 Å². The average Bonchev–Trinajstić information content (AvgIpc) is 2.64. The molecule has 108 valence electrons. The minimum absolute atomic E-state index is 0.457. The minimum atomic E-state index is -1.41. The molecule has 1 aliphatic heterocycles. The summed E-state index contributed by atoms with van der Waals surface area (Å²) < 4.78 is 5.35. The molecule has 0 bridgehead atoms. The quantitative estimate of drug-likeness (QED) is 0.353. The summed E-state index contributed by atoms with van der Waals surface area (Å²) in [6.45, 7) is 0.882. The van der Waals surface area contributed by atoms with Gasteiger partial charge in [-0.3, -0.25) is 9.69 Å². The Labute approximate surface area is 110 Å². The fourth-order valence-electron chi connectivity index (χ4n) is 1.81. The maximum atomic E-state index is 11.7. The molecule has 1 aliphatic rings. The number of hydrogen-bond acceptors (Lipinski definition) is 6. The number of ether oxygens (including phenoxy) is 1. The Balaban J connectivity index is 3.01. The molecular weight excluding hydrogens is 256 g/mol. The first kappa shape index (κ1) is 15.6. The van der Waals surface area contributed by atoms with Gasteiger partial charge in [-0.1, -0.05) is 0 Å². The fraction of sp³-hybridized carbons (Fsp3) is 0.636. The van der Waals surface area contributed by atoms with E-state index in [1.807, 2.05) is 0 Å². The lowest BCUT2D eigenvalue weighted by molar-refractivity contribution is -0.121. The lowest BCUT2D eigenvalue weighted by Crippen LogP contribution is -2.47. The predicted molar refractivity (Wildman–Crippen MR) is 63.9 cm³/mol. The zero-order valence-corrected chi connectivity index (χ0v) is 10.7. The number of nitrogens with zero attached hydrogens (tertiary/aromatic N) is 1. The van der Waals surface area contributed by atoms with Crippen molar-refractivity contribution >= 4 is 12.3 Å². The second-order valence-corrected chi connectivity index (χ2v) is 4.35. The average molecular weight is 274 g/mol. The molecule has 0 aromatic rings. The van der Waals surface area contributed by atoms with Crippen LogP contribution in [0.5, 0.6) is 0 Å². The number of allylic oxidation sites excluding steroid dienone is 1. The van der Waals surface area contributed by atoms with Crippen LogP contribution in [0.4, 0.5) is 4.79 Å². The molecule has 4 atom stereocenters. The summed E-state index contributed by atoms with van der Waals surface area (Å²) in [4.78, 5) is 22.9. The van der Waals surface area contributed by atoms with E-state index in [0.29, 0.717) is 6.29 Å². The van der Waals surface area contributed by atoms with Gasteiger partial charge in [0, 0.05) is 13.2 Å². The summed E-state index contributed by atoms with van der Waals surface area (Å²) in [5.41, 5.74) is -1.38. The number of aliphatic hydroxyl groups is 3. The normalized spacial score (nSPS) is 34.5. The molecule has 1 rings (SSSR count). The molecule has 1 heterocycles. The molecule has 8 nitrogen and oxygen atoms in total. The maximum absolute atomic E-state index is 11.7. The summed E-state index contributed by atoms with van der Waals surface area (Å²) >= 11 is 0. The van der Waals surface area contributed by atoms with Crippen molar-refractivity contribution in [1.29, 1.82) is 0 Å². The van der Waals surface area contributed by atoms with E-state index in [9.17, 15) is 24.9 Å². The highest BCUT2D eigenvalue weighted by molar-refractivity contribution is 5.76. The van der Waals surface area contributed by atoms with Gasteiger partial charge in [-0.15, -0.1) is 0 Å². The lowest BCUT2D eigenvalue weighted by atomic mass is 9.98. The molecule has 0 aromatic carbocycles. The molecular formula is C11H18N2O6. The van der Waals surface area contributed by atoms with Gasteiger partial charge in [-0.05, 0) is 13.0 Å². The topological polar surface area (TPSA) is 119 Å². The van der Waals surface area contributed by atoms with E-state index in [0.717, 1.165) is 17.2 Å². The van der Waals surface area contributed by atoms with Crippen LogP contribution in [0.25, 0.3) is 0 Å². The number of aldehydes is 1. The summed E-state index contributed by atoms with van der Waals surface area (Å²) in [6.07, 6.45) is -1.35. The van der Waals surface area contributed by atoms with Gasteiger partial charge in [0.1, 0.15) is 24.1 Å². The molecule has 2 amide bonds. The Morgan fingerprint density at radius 3 is 2.58 bits per heavy atom. The van der Waals surface area contributed by atoms with Gasteiger partial charge in [0.25, 0.3) is 0 Å². The fourth-order valence-corrected chi connectivity index (χ4v) is 1.81. The zero-order valence-electron chi connectivity index (χ0n) is 10.7. The molecule has 0 radical (unpaired) electrons. The number of nitrogens with one attached hydrogen (secondary N) is 1. The summed E-state index contributed by atoms with van der Waals surface area (Å²) in [5, 5.41) is 31.2. The first-order valence-corrected chi connectivity index (χ1v) is 5.68. The lowest BCUT2D eigenvalue weighted by Gasteiger charge is -2.28. The Kier molecular flexibility index (Phi) is 5.01. The molecule has 19 heavy (non-hydrogen) atoms. The van der Waals surface area contributed by atoms with Crippen LogP contribution in [0.1, 0.15) is 6.92 Å². The molecule has 0 saturated carbocycles. The van der Waals surface area contributed by atoms with Gasteiger partial charge in [0.2, 0.25) is 0 Å². The van der Waals surface area contributed by atoms with Crippen molar-refractivity contribution in [2.24, 2.45) is 0 Å². The van der Waals surface area contributed by atoms with Crippen molar-refractivity contribution in [3.63, 3.8) is 0 Å². The van der Waals surface area contributed by atoms with Gasteiger partial charge in [0.15, 0.2) is 6.23 Å². The van der Waals surface area contributed by atoms with Crippen molar-refractivity contribution in [3.05, 3.63) is 12.3 Å². The SMILES string of the molecule is CNC(=O)N(/C=C/C=O)C1OC(C)(CO)C(O)C1O. The van der Waals surface area contributed by atoms with E-state index in [-0.39, 0.29) is 0 Å². The van der Waals surface area contributed by atoms with Gasteiger partial charge in [-0.2, -0.15) is 0 Å². The Morgan fingerprint density at radius 2 is 2.16 bits per heavy atom. The molecule has 1 fully saturated rings. The summed E-state index contributed by atoms with van der Waals surface area (Å²) in [5.74, 6) is 0. The number of rotatable bonds is 4. The Morgan fingerprint density at radius 1 is 1.53 bits per heavy atom. The number of carbonyl (C=O) groups excluding carboxylic acids is 2. The third kappa shape index (κ3) is 2.92. The van der Waals surface area contributed by atoms with E-state index >= 15 is 0 Å². The highest BCUT2D eigenvalue weighted by atomic mass is 16.6. The summed E-state index contributed by atoms with van der Waals surface area (Å²) in [7, 11) is 1.37. The van der Waals surface area contributed by atoms with Crippen LogP contribution in [0.3, 0.4) is 0 Å². The molecule has 8 heteroatoms. The second kappa shape index (κ2) is 6.11. The van der Waals surface area contributed by atoms with Crippen molar-refractivity contribution in [1.82, 2.24) is 10.2 Å². The highest BCUT2D eigenvalue weighted by Gasteiger charge is 2.53. The van der Waals surface area contributed by atoms with Crippen molar-refractivity contribution in [2.75, 3.05) is 13.7 Å². The van der Waals surface area contributed by atoms with Gasteiger partial charge >= 0.3 is 6.03 Å². The number of urea groups is 1. The highest BCUT2D eigenvalue weighted by Crippen LogP contribution is 2.32. The number of aliphatic hydroxyl groups excluding tert-OH is 3. The van der Waals surface area contributed by atoms with Gasteiger partial charge < -0.3 is 25.4 Å². The van der Waals surface area contributed by atoms with Crippen molar-refractivity contribution < 1.29 is 29.6 Å². The number of amides is 2. The van der Waals surface area contributed by atoms with E-state index in [2.05, 4.69) is 5.32 Å². The van der Waals surface area contributed by atoms with Crippen molar-refractivity contribution in [3.8, 4) is 0 Å². The van der Waals surface area contributed by atoms with E-state index < -0.39 is 36.7 Å². The first-order chi connectivity index (χ1) is 8.91. The smallest absolute Gasteiger partial charge is 0.323 e. The number of hydrogen-bond donors (Lipinski definition) is 4. The molecule has 4 unspecified atom stereocenters. The van der Waals surface area contributed by atoms with Crippen LogP contribution in [0.2, 0.25) is 0 Å². The predicted octanol–water partition coefficient (Wildman–Crippen LogP) is -1.83. The van der Waals surface area contributed by atoms with Crippen LogP contribution in [-0.2, 0) is 9.53 Å². The first-order valence-electron chi connectivity index (χ1n) is 5.68. The van der Waals surface area contributed by atoms with Crippen molar-refractivity contribution in [2.45, 2.75) is 31.0 Å². The third-order valence-electron chi connectivity index (χ3n) is 2.99. The molecule has 0 aliphatic carbocycles. The second-order valence-electron chi connectivity index (χ2n) is 4.35. The van der Waals surface area contributed by atoms with Crippen LogP contribution >= 0.6 is 0 Å². The van der Waals surface area contributed by atoms with Crippen LogP contribution < -0.4 is 5.32 Å². The van der Waals surface area contributed by atoms with E-state index in [1.165, 1.54) is 14.0 Å². The largest absolute Gasteiger partial charge is 0.393 e. The molecule has 4 N–H and O–H groups in total. The molecule has 1 saturated heterocycles. The zero-order chi connectivity index (χ0) is 14.6. The van der Waals surface area contributed by atoms with Crippen LogP contribution in [0, 0.1) is 0 Å².